The fourth-order valence-electron chi connectivity index (χ4n) is 1.17. The number of nitro benzene ring substituents is 1. The van der Waals surface area contributed by atoms with E-state index in [1.807, 2.05) is 5.38 Å². The number of nitrogens with two attached hydrogens (primary N) is 1. The van der Waals surface area contributed by atoms with Gasteiger partial charge in [-0.15, -0.1) is 23.7 Å². The van der Waals surface area contributed by atoms with Crippen LogP contribution in [0.5, 0.6) is 0 Å². The Kier molecular flexibility index (Phi) is 3.81. The lowest BCUT2D eigenvalue weighted by molar-refractivity contribution is -0.384. The molecule has 2 N–H and O–H groups in total. The lowest BCUT2D eigenvalue weighted by Crippen LogP contribution is -1.87. The summed E-state index contributed by atoms with van der Waals surface area (Å²) in [5.74, 6) is 0. The van der Waals surface area contributed by atoms with Gasteiger partial charge in [0.1, 0.15) is 0 Å². The summed E-state index contributed by atoms with van der Waals surface area (Å²) in [6, 6.07) is 6.22. The lowest BCUT2D eigenvalue weighted by atomic mass is 10.1. The zero-order valence-electron chi connectivity index (χ0n) is 7.99. The van der Waals surface area contributed by atoms with E-state index in [1.165, 1.54) is 23.5 Å². The molecule has 0 aliphatic heterocycles. The summed E-state index contributed by atoms with van der Waals surface area (Å²) in [6.07, 6.45) is 0. The molecular formula is C9H8ClN3O2S. The first kappa shape index (κ1) is 12.4. The summed E-state index contributed by atoms with van der Waals surface area (Å²) >= 11 is 1.34. The summed E-state index contributed by atoms with van der Waals surface area (Å²) < 4.78 is 0. The van der Waals surface area contributed by atoms with E-state index in [-0.39, 0.29) is 18.1 Å². The molecule has 0 amide bonds. The fraction of sp³-hybridized carbons (Fsp3) is 0. The normalized spacial score (nSPS) is 9.50. The van der Waals surface area contributed by atoms with Crippen LogP contribution >= 0.6 is 23.7 Å². The number of halogens is 1. The average Bonchev–Trinajstić information content (AvgIpc) is 2.65. The molecule has 0 bridgehead atoms. The highest BCUT2D eigenvalue weighted by molar-refractivity contribution is 7.13. The highest BCUT2D eigenvalue weighted by atomic mass is 35.5. The summed E-state index contributed by atoms with van der Waals surface area (Å²) in [6.45, 7) is 0. The number of nitrogen functional groups attached to an aromatic ring is 1. The number of rotatable bonds is 2. The molecule has 84 valence electrons. The maximum atomic E-state index is 10.4. The van der Waals surface area contributed by atoms with Crippen molar-refractivity contribution in [3.8, 4) is 11.3 Å². The highest BCUT2D eigenvalue weighted by Crippen LogP contribution is 2.24. The molecule has 0 fully saturated rings. The number of nitro groups is 1. The third-order valence-electron chi connectivity index (χ3n) is 1.90. The van der Waals surface area contributed by atoms with Gasteiger partial charge in [-0.1, -0.05) is 0 Å². The van der Waals surface area contributed by atoms with Crippen LogP contribution in [0.3, 0.4) is 0 Å². The van der Waals surface area contributed by atoms with Crippen LogP contribution in [0, 0.1) is 10.1 Å². The maximum Gasteiger partial charge on any atom is 0.269 e. The largest absolute Gasteiger partial charge is 0.375 e. The van der Waals surface area contributed by atoms with E-state index < -0.39 is 4.92 Å². The Labute approximate surface area is 101 Å². The molecule has 0 unspecified atom stereocenters. The predicted octanol–water partition coefficient (Wildman–Crippen LogP) is 2.72. The molecule has 1 heterocycles. The maximum absolute atomic E-state index is 10.4. The van der Waals surface area contributed by atoms with E-state index in [1.54, 1.807) is 12.1 Å². The minimum Gasteiger partial charge on any atom is -0.375 e. The molecule has 0 atom stereocenters. The van der Waals surface area contributed by atoms with Gasteiger partial charge in [0.2, 0.25) is 0 Å². The number of benzene rings is 1. The van der Waals surface area contributed by atoms with Crippen molar-refractivity contribution in [1.82, 2.24) is 4.98 Å². The van der Waals surface area contributed by atoms with Crippen molar-refractivity contribution in [1.29, 1.82) is 0 Å². The van der Waals surface area contributed by atoms with Crippen molar-refractivity contribution in [2.75, 3.05) is 5.73 Å². The lowest BCUT2D eigenvalue weighted by Gasteiger charge is -1.95. The molecule has 0 saturated carbocycles. The second kappa shape index (κ2) is 4.91. The quantitative estimate of drug-likeness (QED) is 0.662. The van der Waals surface area contributed by atoms with Crippen LogP contribution in [0.15, 0.2) is 29.6 Å². The number of thiazole rings is 1. The summed E-state index contributed by atoms with van der Waals surface area (Å²) in [7, 11) is 0. The minimum atomic E-state index is -0.431. The number of hydrogen-bond donors (Lipinski definition) is 1. The van der Waals surface area contributed by atoms with Crippen LogP contribution in [0.25, 0.3) is 11.3 Å². The van der Waals surface area contributed by atoms with Crippen molar-refractivity contribution in [3.05, 3.63) is 39.8 Å². The zero-order valence-corrected chi connectivity index (χ0v) is 9.62. The first-order valence-electron chi connectivity index (χ1n) is 4.12. The molecular weight excluding hydrogens is 250 g/mol. The topological polar surface area (TPSA) is 82.0 Å². The van der Waals surface area contributed by atoms with Crippen LogP contribution in [0.1, 0.15) is 0 Å². The summed E-state index contributed by atoms with van der Waals surface area (Å²) in [4.78, 5) is 14.1. The van der Waals surface area contributed by atoms with Crippen LogP contribution in [0.4, 0.5) is 10.8 Å². The van der Waals surface area contributed by atoms with Crippen molar-refractivity contribution < 1.29 is 4.92 Å². The van der Waals surface area contributed by atoms with Gasteiger partial charge in [0.25, 0.3) is 5.69 Å². The van der Waals surface area contributed by atoms with Crippen molar-refractivity contribution in [3.63, 3.8) is 0 Å². The van der Waals surface area contributed by atoms with E-state index >= 15 is 0 Å². The Morgan fingerprint density at radius 2 is 1.94 bits per heavy atom. The Morgan fingerprint density at radius 3 is 2.38 bits per heavy atom. The van der Waals surface area contributed by atoms with E-state index in [9.17, 15) is 10.1 Å². The number of non-ortho nitro benzene ring substituents is 1. The van der Waals surface area contributed by atoms with E-state index in [4.69, 9.17) is 5.73 Å². The Bertz CT molecular complexity index is 498. The molecule has 16 heavy (non-hydrogen) atoms. The van der Waals surface area contributed by atoms with Gasteiger partial charge in [0.15, 0.2) is 5.13 Å². The van der Waals surface area contributed by atoms with Crippen molar-refractivity contribution >= 4 is 34.6 Å². The molecule has 7 heteroatoms. The molecule has 1 aromatic carbocycles. The molecule has 2 aromatic rings. The van der Waals surface area contributed by atoms with Gasteiger partial charge in [-0.05, 0) is 12.1 Å². The van der Waals surface area contributed by atoms with Gasteiger partial charge >= 0.3 is 0 Å². The molecule has 0 saturated heterocycles. The smallest absolute Gasteiger partial charge is 0.269 e. The molecule has 0 aliphatic carbocycles. The molecule has 1 aromatic heterocycles. The number of aromatic nitrogens is 1. The molecule has 2 rings (SSSR count). The Balaban J connectivity index is 0.00000128. The third-order valence-corrected chi connectivity index (χ3v) is 2.57. The van der Waals surface area contributed by atoms with Crippen LogP contribution in [-0.2, 0) is 0 Å². The SMILES string of the molecule is Cl.Nc1nc(-c2ccc([N+](=O)[O-])cc2)cs1. The summed E-state index contributed by atoms with van der Waals surface area (Å²) in [5.41, 5.74) is 7.13. The number of hydrogen-bond acceptors (Lipinski definition) is 5. The molecule has 0 radical (unpaired) electrons. The standard InChI is InChI=1S/C9H7N3O2S.ClH/c10-9-11-8(5-15-9)6-1-3-7(4-2-6)12(13)14;/h1-5H,(H2,10,11);1H. The van der Waals surface area contributed by atoms with Gasteiger partial charge in [-0.25, -0.2) is 4.98 Å². The second-order valence-electron chi connectivity index (χ2n) is 2.87. The van der Waals surface area contributed by atoms with Gasteiger partial charge in [-0.2, -0.15) is 0 Å². The highest BCUT2D eigenvalue weighted by Gasteiger charge is 2.06. The number of nitrogens with zero attached hydrogens (tertiary/aromatic N) is 2. The molecule has 0 spiro atoms. The summed E-state index contributed by atoms with van der Waals surface area (Å²) in [5, 5.41) is 12.7. The van der Waals surface area contributed by atoms with E-state index in [0.717, 1.165) is 11.3 Å². The fourth-order valence-corrected chi connectivity index (χ4v) is 1.75. The Hall–Kier alpha value is -1.66. The molecule has 5 nitrogen and oxygen atoms in total. The van der Waals surface area contributed by atoms with Gasteiger partial charge in [0.05, 0.1) is 10.6 Å². The average molecular weight is 258 g/mol. The van der Waals surface area contributed by atoms with Gasteiger partial charge < -0.3 is 5.73 Å². The van der Waals surface area contributed by atoms with Gasteiger partial charge in [-0.3, -0.25) is 10.1 Å². The van der Waals surface area contributed by atoms with Crippen LogP contribution < -0.4 is 5.73 Å². The van der Waals surface area contributed by atoms with Gasteiger partial charge in [0, 0.05) is 23.1 Å². The second-order valence-corrected chi connectivity index (χ2v) is 3.76. The number of anilines is 1. The first-order chi connectivity index (χ1) is 7.16. The zero-order chi connectivity index (χ0) is 10.8. The Morgan fingerprint density at radius 1 is 1.31 bits per heavy atom. The molecule has 0 aliphatic rings. The minimum absolute atomic E-state index is 0. The van der Waals surface area contributed by atoms with E-state index in [0.29, 0.717) is 5.13 Å². The van der Waals surface area contributed by atoms with Crippen LogP contribution in [0.2, 0.25) is 0 Å². The predicted molar refractivity (Wildman–Crippen MR) is 65.9 cm³/mol. The van der Waals surface area contributed by atoms with E-state index in [2.05, 4.69) is 4.98 Å². The van der Waals surface area contributed by atoms with Crippen molar-refractivity contribution in [2.24, 2.45) is 0 Å². The van der Waals surface area contributed by atoms with Crippen LogP contribution in [-0.4, -0.2) is 9.91 Å². The first-order valence-corrected chi connectivity index (χ1v) is 5.00. The third kappa shape index (κ3) is 2.47. The van der Waals surface area contributed by atoms with Crippen molar-refractivity contribution in [2.45, 2.75) is 0 Å². The monoisotopic (exact) mass is 257 g/mol.